The summed E-state index contributed by atoms with van der Waals surface area (Å²) >= 11 is 12.0. The fraction of sp³-hybridized carbons (Fsp3) is 0.0833. The van der Waals surface area contributed by atoms with E-state index in [1.54, 1.807) is 6.07 Å². The molecule has 2 nitrogen and oxygen atoms in total. The topological polar surface area (TPSA) is 37.3 Å². The van der Waals surface area contributed by atoms with Crippen LogP contribution in [-0.4, -0.2) is 11.1 Å². The molecule has 0 heterocycles. The van der Waals surface area contributed by atoms with Crippen LogP contribution in [0.3, 0.4) is 0 Å². The largest absolute Gasteiger partial charge is 0.481 e. The van der Waals surface area contributed by atoms with Crippen molar-refractivity contribution in [1.29, 1.82) is 0 Å². The lowest BCUT2D eigenvalue weighted by Gasteiger charge is -2.08. The number of halogens is 2. The molecule has 1 N–H and O–H groups in total. The van der Waals surface area contributed by atoms with Gasteiger partial charge >= 0.3 is 5.97 Å². The number of fused-ring (bicyclic) bond motifs is 1. The molecule has 0 spiro atoms. The number of hydrogen-bond acceptors (Lipinski definition) is 1. The number of carboxylic acid groups (broad SMARTS) is 1. The Morgan fingerprint density at radius 1 is 1.25 bits per heavy atom. The summed E-state index contributed by atoms with van der Waals surface area (Å²) in [6, 6.07) is 9.18. The van der Waals surface area contributed by atoms with Gasteiger partial charge in [-0.3, -0.25) is 4.79 Å². The average molecular weight is 255 g/mol. The lowest BCUT2D eigenvalue weighted by atomic mass is 10.0. The van der Waals surface area contributed by atoms with Crippen molar-refractivity contribution in [2.24, 2.45) is 0 Å². The smallest absolute Gasteiger partial charge is 0.307 e. The summed E-state index contributed by atoms with van der Waals surface area (Å²) in [5.41, 5.74) is 0.567. The van der Waals surface area contributed by atoms with Gasteiger partial charge in [0.25, 0.3) is 0 Å². The molecule has 0 atom stereocenters. The van der Waals surface area contributed by atoms with Crippen LogP contribution in [-0.2, 0) is 11.2 Å². The van der Waals surface area contributed by atoms with E-state index in [9.17, 15) is 4.79 Å². The summed E-state index contributed by atoms with van der Waals surface area (Å²) in [4.78, 5) is 10.8. The molecule has 4 heteroatoms. The van der Waals surface area contributed by atoms with E-state index in [4.69, 9.17) is 28.3 Å². The van der Waals surface area contributed by atoms with E-state index in [1.165, 1.54) is 0 Å². The van der Waals surface area contributed by atoms with Crippen molar-refractivity contribution in [2.45, 2.75) is 6.42 Å². The van der Waals surface area contributed by atoms with Crippen LogP contribution in [0.15, 0.2) is 30.3 Å². The normalized spacial score (nSPS) is 10.6. The molecule has 0 fully saturated rings. The van der Waals surface area contributed by atoms with E-state index in [0.29, 0.717) is 15.6 Å². The van der Waals surface area contributed by atoms with E-state index in [-0.39, 0.29) is 6.42 Å². The predicted octanol–water partition coefficient (Wildman–Crippen LogP) is 3.77. The Hall–Kier alpha value is -1.25. The second kappa shape index (κ2) is 4.32. The second-order valence-electron chi connectivity index (χ2n) is 3.44. The lowest BCUT2D eigenvalue weighted by Crippen LogP contribution is -2.01. The molecule has 0 amide bonds. The molecule has 0 aromatic heterocycles. The van der Waals surface area contributed by atoms with Crippen molar-refractivity contribution in [1.82, 2.24) is 0 Å². The van der Waals surface area contributed by atoms with Crippen molar-refractivity contribution >= 4 is 39.9 Å². The quantitative estimate of drug-likeness (QED) is 0.886. The van der Waals surface area contributed by atoms with Crippen LogP contribution >= 0.6 is 23.2 Å². The van der Waals surface area contributed by atoms with E-state index in [2.05, 4.69) is 0 Å². The third kappa shape index (κ3) is 1.99. The molecule has 0 unspecified atom stereocenters. The Morgan fingerprint density at radius 3 is 2.62 bits per heavy atom. The van der Waals surface area contributed by atoms with Crippen molar-refractivity contribution in [3.8, 4) is 0 Å². The third-order valence-electron chi connectivity index (χ3n) is 2.37. The third-order valence-corrected chi connectivity index (χ3v) is 3.20. The van der Waals surface area contributed by atoms with Crippen LogP contribution in [0.2, 0.25) is 10.0 Å². The monoisotopic (exact) mass is 254 g/mol. The highest BCUT2D eigenvalue weighted by Gasteiger charge is 2.13. The highest BCUT2D eigenvalue weighted by molar-refractivity contribution is 6.43. The Balaban J connectivity index is 2.76. The SMILES string of the molecule is O=C(O)Cc1c(Cl)c(Cl)cc2ccccc12. The molecule has 0 aliphatic rings. The first kappa shape index (κ1) is 11.2. The first-order valence-electron chi connectivity index (χ1n) is 4.67. The Labute approximate surface area is 102 Å². The van der Waals surface area contributed by atoms with E-state index >= 15 is 0 Å². The lowest BCUT2D eigenvalue weighted by molar-refractivity contribution is -0.136. The Morgan fingerprint density at radius 2 is 1.94 bits per heavy atom. The molecule has 2 aromatic carbocycles. The zero-order valence-corrected chi connectivity index (χ0v) is 9.72. The van der Waals surface area contributed by atoms with Gasteiger partial charge in [0, 0.05) is 0 Å². The number of rotatable bonds is 2. The van der Waals surface area contributed by atoms with Gasteiger partial charge in [0.2, 0.25) is 0 Å². The fourth-order valence-corrected chi connectivity index (χ4v) is 2.14. The van der Waals surface area contributed by atoms with Gasteiger partial charge in [-0.15, -0.1) is 0 Å². The first-order chi connectivity index (χ1) is 7.59. The molecule has 0 aliphatic carbocycles. The van der Waals surface area contributed by atoms with Gasteiger partial charge in [-0.1, -0.05) is 47.5 Å². The zero-order chi connectivity index (χ0) is 11.7. The van der Waals surface area contributed by atoms with Gasteiger partial charge in [-0.2, -0.15) is 0 Å². The molecule has 16 heavy (non-hydrogen) atoms. The number of carbonyl (C=O) groups is 1. The molecule has 2 rings (SSSR count). The summed E-state index contributed by atoms with van der Waals surface area (Å²) in [7, 11) is 0. The number of carboxylic acids is 1. The molecule has 0 aliphatic heterocycles. The number of hydrogen-bond donors (Lipinski definition) is 1. The number of benzene rings is 2. The molecule has 2 aromatic rings. The second-order valence-corrected chi connectivity index (χ2v) is 4.23. The molecular formula is C12H8Cl2O2. The summed E-state index contributed by atoms with van der Waals surface area (Å²) < 4.78 is 0. The molecule has 82 valence electrons. The van der Waals surface area contributed by atoms with Crippen LogP contribution in [0.5, 0.6) is 0 Å². The van der Waals surface area contributed by atoms with Crippen molar-refractivity contribution in [2.75, 3.05) is 0 Å². The molecule has 0 saturated heterocycles. The molecule has 0 radical (unpaired) electrons. The molecule has 0 bridgehead atoms. The van der Waals surface area contributed by atoms with Crippen molar-refractivity contribution < 1.29 is 9.90 Å². The van der Waals surface area contributed by atoms with Crippen LogP contribution in [0.4, 0.5) is 0 Å². The van der Waals surface area contributed by atoms with Crippen LogP contribution < -0.4 is 0 Å². The molecule has 0 saturated carbocycles. The minimum absolute atomic E-state index is 0.125. The van der Waals surface area contributed by atoms with E-state index in [1.807, 2.05) is 24.3 Å². The van der Waals surface area contributed by atoms with Gasteiger partial charge in [-0.25, -0.2) is 0 Å². The van der Waals surface area contributed by atoms with Gasteiger partial charge in [0.05, 0.1) is 16.5 Å². The standard InChI is InChI=1S/C12H8Cl2O2/c13-10-5-7-3-1-2-4-8(7)9(12(10)14)6-11(15)16/h1-5H,6H2,(H,15,16). The van der Waals surface area contributed by atoms with Crippen molar-refractivity contribution in [3.05, 3.63) is 45.9 Å². The first-order valence-corrected chi connectivity index (χ1v) is 5.42. The number of aliphatic carboxylic acids is 1. The summed E-state index contributed by atoms with van der Waals surface area (Å²) in [6.45, 7) is 0. The van der Waals surface area contributed by atoms with Gasteiger partial charge in [0.15, 0.2) is 0 Å². The predicted molar refractivity (Wildman–Crippen MR) is 65.3 cm³/mol. The minimum Gasteiger partial charge on any atom is -0.481 e. The average Bonchev–Trinajstić information content (AvgIpc) is 2.24. The maximum absolute atomic E-state index is 10.8. The molecular weight excluding hydrogens is 247 g/mol. The van der Waals surface area contributed by atoms with E-state index < -0.39 is 5.97 Å². The van der Waals surface area contributed by atoms with Crippen molar-refractivity contribution in [3.63, 3.8) is 0 Å². The van der Waals surface area contributed by atoms with Crippen LogP contribution in [0.1, 0.15) is 5.56 Å². The summed E-state index contributed by atoms with van der Waals surface area (Å²) in [5.74, 6) is -0.922. The van der Waals surface area contributed by atoms with E-state index in [0.717, 1.165) is 10.8 Å². The van der Waals surface area contributed by atoms with Gasteiger partial charge in [0.1, 0.15) is 0 Å². The Bertz CT molecular complexity index is 564. The maximum Gasteiger partial charge on any atom is 0.307 e. The summed E-state index contributed by atoms with van der Waals surface area (Å²) in [6.07, 6.45) is -0.125. The minimum atomic E-state index is -0.922. The highest BCUT2D eigenvalue weighted by Crippen LogP contribution is 2.33. The zero-order valence-electron chi connectivity index (χ0n) is 8.21. The maximum atomic E-state index is 10.8. The van der Waals surface area contributed by atoms with Gasteiger partial charge in [-0.05, 0) is 22.4 Å². The van der Waals surface area contributed by atoms with Crippen LogP contribution in [0, 0.1) is 0 Å². The fourth-order valence-electron chi connectivity index (χ4n) is 1.68. The van der Waals surface area contributed by atoms with Crippen LogP contribution in [0.25, 0.3) is 10.8 Å². The Kier molecular flexibility index (Phi) is 3.03. The van der Waals surface area contributed by atoms with Gasteiger partial charge < -0.3 is 5.11 Å². The summed E-state index contributed by atoms with van der Waals surface area (Å²) in [5, 5.41) is 11.3. The highest BCUT2D eigenvalue weighted by atomic mass is 35.5.